The monoisotopic (exact) mass is 354 g/mol. The fourth-order valence-corrected chi connectivity index (χ4v) is 2.84. The molecule has 112 valence electrons. The first-order chi connectivity index (χ1) is 10.7. The maximum atomic E-state index is 4.36. The molecule has 0 spiro atoms. The highest BCUT2D eigenvalue weighted by molar-refractivity contribution is 9.10. The standard InChI is InChI=1S/C19H19BrN2/c1-14(11-15-4-7-18(20)8-5-15)22-13-16-6-9-19-17(12-16)3-2-10-21-19/h2-10,12,14,22H,11,13H2,1H3. The molecule has 0 amide bonds. The fraction of sp³-hybridized carbons (Fsp3) is 0.211. The lowest BCUT2D eigenvalue weighted by molar-refractivity contribution is 0.545. The first-order valence-electron chi connectivity index (χ1n) is 7.52. The number of hydrogen-bond acceptors (Lipinski definition) is 2. The molecule has 1 heterocycles. The van der Waals surface area contributed by atoms with Gasteiger partial charge >= 0.3 is 0 Å². The topological polar surface area (TPSA) is 24.9 Å². The molecule has 0 saturated heterocycles. The van der Waals surface area contributed by atoms with Gasteiger partial charge in [-0.15, -0.1) is 0 Å². The Morgan fingerprint density at radius 2 is 1.82 bits per heavy atom. The molecule has 1 aromatic heterocycles. The van der Waals surface area contributed by atoms with E-state index in [1.807, 2.05) is 12.3 Å². The Bertz CT molecular complexity index is 753. The van der Waals surface area contributed by atoms with Crippen LogP contribution >= 0.6 is 15.9 Å². The number of hydrogen-bond donors (Lipinski definition) is 1. The summed E-state index contributed by atoms with van der Waals surface area (Å²) in [6.45, 7) is 3.10. The zero-order valence-corrected chi connectivity index (χ0v) is 14.2. The molecule has 0 fully saturated rings. The predicted octanol–water partition coefficient (Wildman–Crippen LogP) is 4.72. The summed E-state index contributed by atoms with van der Waals surface area (Å²) in [6, 6.07) is 19.5. The van der Waals surface area contributed by atoms with Crippen LogP contribution in [0, 0.1) is 0 Å². The summed E-state index contributed by atoms with van der Waals surface area (Å²) in [5.41, 5.74) is 3.70. The number of aromatic nitrogens is 1. The Hall–Kier alpha value is -1.71. The van der Waals surface area contributed by atoms with Gasteiger partial charge in [0.15, 0.2) is 0 Å². The normalized spacial score (nSPS) is 12.5. The summed E-state index contributed by atoms with van der Waals surface area (Å²) in [4.78, 5) is 4.36. The number of benzene rings is 2. The van der Waals surface area contributed by atoms with Gasteiger partial charge in [-0.1, -0.05) is 40.2 Å². The zero-order chi connectivity index (χ0) is 15.4. The third-order valence-electron chi connectivity index (χ3n) is 3.78. The van der Waals surface area contributed by atoms with Crippen molar-refractivity contribution in [2.45, 2.75) is 25.9 Å². The highest BCUT2D eigenvalue weighted by Gasteiger charge is 2.04. The molecule has 3 aromatic rings. The molecule has 1 N–H and O–H groups in total. The van der Waals surface area contributed by atoms with Gasteiger partial charge in [0.1, 0.15) is 0 Å². The molecule has 22 heavy (non-hydrogen) atoms. The van der Waals surface area contributed by atoms with Gasteiger partial charge in [-0.2, -0.15) is 0 Å². The molecule has 1 unspecified atom stereocenters. The van der Waals surface area contributed by atoms with Gasteiger partial charge in [0.2, 0.25) is 0 Å². The minimum Gasteiger partial charge on any atom is -0.310 e. The van der Waals surface area contributed by atoms with Crippen molar-refractivity contribution in [3.63, 3.8) is 0 Å². The zero-order valence-electron chi connectivity index (χ0n) is 12.6. The molecule has 2 nitrogen and oxygen atoms in total. The maximum Gasteiger partial charge on any atom is 0.0702 e. The molecule has 0 saturated carbocycles. The van der Waals surface area contributed by atoms with Gasteiger partial charge < -0.3 is 5.32 Å². The van der Waals surface area contributed by atoms with Crippen molar-refractivity contribution in [2.75, 3.05) is 0 Å². The second-order valence-electron chi connectivity index (χ2n) is 5.64. The van der Waals surface area contributed by atoms with E-state index in [0.29, 0.717) is 6.04 Å². The van der Waals surface area contributed by atoms with Gasteiger partial charge in [-0.25, -0.2) is 0 Å². The molecule has 3 rings (SSSR count). The lowest BCUT2D eigenvalue weighted by atomic mass is 10.1. The Balaban J connectivity index is 1.59. The lowest BCUT2D eigenvalue weighted by Gasteiger charge is -2.14. The van der Waals surface area contributed by atoms with E-state index in [-0.39, 0.29) is 0 Å². The van der Waals surface area contributed by atoms with Crippen LogP contribution in [0.5, 0.6) is 0 Å². The van der Waals surface area contributed by atoms with Crippen molar-refractivity contribution < 1.29 is 0 Å². The van der Waals surface area contributed by atoms with Crippen LogP contribution in [0.15, 0.2) is 65.3 Å². The van der Waals surface area contributed by atoms with E-state index in [9.17, 15) is 0 Å². The van der Waals surface area contributed by atoms with Crippen molar-refractivity contribution in [1.29, 1.82) is 0 Å². The number of nitrogens with one attached hydrogen (secondary N) is 1. The van der Waals surface area contributed by atoms with Gasteiger partial charge in [-0.05, 0) is 54.8 Å². The number of rotatable bonds is 5. The highest BCUT2D eigenvalue weighted by atomic mass is 79.9. The van der Waals surface area contributed by atoms with Crippen LogP contribution < -0.4 is 5.32 Å². The summed E-state index contributed by atoms with van der Waals surface area (Å²) in [5, 5.41) is 4.79. The second-order valence-corrected chi connectivity index (χ2v) is 6.56. The molecule has 0 aliphatic rings. The lowest BCUT2D eigenvalue weighted by Crippen LogP contribution is -2.27. The van der Waals surface area contributed by atoms with Crippen molar-refractivity contribution in [2.24, 2.45) is 0 Å². The quantitative estimate of drug-likeness (QED) is 0.717. The molecular weight excluding hydrogens is 336 g/mol. The molecule has 0 radical (unpaired) electrons. The maximum absolute atomic E-state index is 4.36. The Labute approximate surface area is 139 Å². The van der Waals surface area contributed by atoms with Crippen LogP contribution in [0.3, 0.4) is 0 Å². The highest BCUT2D eigenvalue weighted by Crippen LogP contribution is 2.14. The van der Waals surface area contributed by atoms with E-state index >= 15 is 0 Å². The molecule has 1 atom stereocenters. The van der Waals surface area contributed by atoms with Crippen LogP contribution in [0.1, 0.15) is 18.1 Å². The first kappa shape index (κ1) is 15.2. The van der Waals surface area contributed by atoms with Crippen molar-refractivity contribution in [1.82, 2.24) is 10.3 Å². The Morgan fingerprint density at radius 3 is 2.64 bits per heavy atom. The number of nitrogens with zero attached hydrogens (tertiary/aromatic N) is 1. The fourth-order valence-electron chi connectivity index (χ4n) is 2.57. The molecule has 0 aliphatic carbocycles. The third-order valence-corrected chi connectivity index (χ3v) is 4.31. The average molecular weight is 355 g/mol. The van der Waals surface area contributed by atoms with Gasteiger partial charge in [0.05, 0.1) is 5.52 Å². The smallest absolute Gasteiger partial charge is 0.0702 e. The summed E-state index contributed by atoms with van der Waals surface area (Å²) < 4.78 is 1.13. The molecule has 0 bridgehead atoms. The molecule has 3 heteroatoms. The van der Waals surface area contributed by atoms with E-state index in [2.05, 4.69) is 81.7 Å². The number of fused-ring (bicyclic) bond motifs is 1. The number of halogens is 1. The predicted molar refractivity (Wildman–Crippen MR) is 95.9 cm³/mol. The summed E-state index contributed by atoms with van der Waals surface area (Å²) in [5.74, 6) is 0. The van der Waals surface area contributed by atoms with E-state index in [0.717, 1.165) is 23.0 Å². The third kappa shape index (κ3) is 3.93. The van der Waals surface area contributed by atoms with Crippen LogP contribution in [-0.4, -0.2) is 11.0 Å². The largest absolute Gasteiger partial charge is 0.310 e. The summed E-state index contributed by atoms with van der Waals surface area (Å²) >= 11 is 3.47. The van der Waals surface area contributed by atoms with Gasteiger partial charge in [-0.3, -0.25) is 4.98 Å². The summed E-state index contributed by atoms with van der Waals surface area (Å²) in [7, 11) is 0. The Kier molecular flexibility index (Phi) is 4.86. The average Bonchev–Trinajstić information content (AvgIpc) is 2.55. The minimum absolute atomic E-state index is 0.436. The van der Waals surface area contributed by atoms with E-state index in [1.54, 1.807) is 0 Å². The minimum atomic E-state index is 0.436. The van der Waals surface area contributed by atoms with E-state index < -0.39 is 0 Å². The SMILES string of the molecule is CC(Cc1ccc(Br)cc1)NCc1ccc2ncccc2c1. The van der Waals surface area contributed by atoms with E-state index in [4.69, 9.17) is 0 Å². The van der Waals surface area contributed by atoms with Crippen molar-refractivity contribution in [3.8, 4) is 0 Å². The number of pyridine rings is 1. The second kappa shape index (κ2) is 7.03. The molecular formula is C19H19BrN2. The first-order valence-corrected chi connectivity index (χ1v) is 8.31. The molecule has 0 aliphatic heterocycles. The van der Waals surface area contributed by atoms with Crippen LogP contribution in [0.25, 0.3) is 10.9 Å². The van der Waals surface area contributed by atoms with Crippen molar-refractivity contribution in [3.05, 3.63) is 76.4 Å². The van der Waals surface area contributed by atoms with Crippen LogP contribution in [0.2, 0.25) is 0 Å². The van der Waals surface area contributed by atoms with Crippen LogP contribution in [-0.2, 0) is 13.0 Å². The van der Waals surface area contributed by atoms with E-state index in [1.165, 1.54) is 16.5 Å². The van der Waals surface area contributed by atoms with Crippen molar-refractivity contribution >= 4 is 26.8 Å². The Morgan fingerprint density at radius 1 is 1.05 bits per heavy atom. The van der Waals surface area contributed by atoms with Gasteiger partial charge in [0, 0.05) is 28.6 Å². The van der Waals surface area contributed by atoms with Crippen LogP contribution in [0.4, 0.5) is 0 Å². The summed E-state index contributed by atoms with van der Waals surface area (Å²) in [6.07, 6.45) is 2.86. The molecule has 2 aromatic carbocycles. The van der Waals surface area contributed by atoms with Gasteiger partial charge in [0.25, 0.3) is 0 Å².